The van der Waals surface area contributed by atoms with E-state index in [0.29, 0.717) is 17.2 Å². The molecule has 0 aromatic carbocycles. The highest BCUT2D eigenvalue weighted by Gasteiger charge is 2.33. The number of hydrogen-bond donors (Lipinski definition) is 2. The van der Waals surface area contributed by atoms with Crippen molar-refractivity contribution in [1.82, 2.24) is 14.5 Å². The van der Waals surface area contributed by atoms with Gasteiger partial charge in [-0.15, -0.1) is 0 Å². The molecule has 0 amide bonds. The van der Waals surface area contributed by atoms with Gasteiger partial charge in [-0.05, 0) is 24.8 Å². The predicted molar refractivity (Wildman–Crippen MR) is 77.3 cm³/mol. The van der Waals surface area contributed by atoms with Gasteiger partial charge in [-0.2, -0.15) is 5.26 Å². The third kappa shape index (κ3) is 3.03. The molecule has 0 saturated heterocycles. The molecule has 6 heteroatoms. The summed E-state index contributed by atoms with van der Waals surface area (Å²) in [6.45, 7) is 0.855. The van der Waals surface area contributed by atoms with E-state index < -0.39 is 6.10 Å². The Morgan fingerprint density at radius 3 is 3.05 bits per heavy atom. The number of anilines is 1. The van der Waals surface area contributed by atoms with Gasteiger partial charge in [-0.1, -0.05) is 0 Å². The molecule has 2 N–H and O–H groups in total. The Hall–Kier alpha value is -2.39. The second-order valence-electron chi connectivity index (χ2n) is 5.45. The molecule has 3 atom stereocenters. The summed E-state index contributed by atoms with van der Waals surface area (Å²) in [6, 6.07) is 3.76. The molecule has 2 heterocycles. The van der Waals surface area contributed by atoms with Crippen molar-refractivity contribution in [1.29, 1.82) is 5.26 Å². The molecule has 6 nitrogen and oxygen atoms in total. The molecule has 1 saturated carbocycles. The fraction of sp³-hybridized carbons (Fsp3) is 0.400. The van der Waals surface area contributed by atoms with Crippen LogP contribution in [0.1, 0.15) is 18.4 Å². The van der Waals surface area contributed by atoms with Crippen molar-refractivity contribution in [3.8, 4) is 6.07 Å². The van der Waals surface area contributed by atoms with E-state index in [2.05, 4.69) is 21.4 Å². The highest BCUT2D eigenvalue weighted by Crippen LogP contribution is 2.30. The first-order valence-electron chi connectivity index (χ1n) is 7.00. The number of pyridine rings is 1. The van der Waals surface area contributed by atoms with Crippen LogP contribution in [-0.4, -0.2) is 31.8 Å². The molecule has 2 aromatic heterocycles. The molecule has 21 heavy (non-hydrogen) atoms. The van der Waals surface area contributed by atoms with Gasteiger partial charge in [0.05, 0.1) is 35.9 Å². The summed E-state index contributed by atoms with van der Waals surface area (Å²) in [4.78, 5) is 8.07. The van der Waals surface area contributed by atoms with Crippen LogP contribution in [0.3, 0.4) is 0 Å². The molecule has 1 unspecified atom stereocenters. The monoisotopic (exact) mass is 283 g/mol. The van der Waals surface area contributed by atoms with Crippen molar-refractivity contribution in [3.63, 3.8) is 0 Å². The number of hydrogen-bond acceptors (Lipinski definition) is 5. The van der Waals surface area contributed by atoms with Gasteiger partial charge in [0, 0.05) is 25.1 Å². The van der Waals surface area contributed by atoms with Crippen LogP contribution >= 0.6 is 0 Å². The first kappa shape index (κ1) is 13.6. The van der Waals surface area contributed by atoms with Crippen LogP contribution in [0, 0.1) is 17.2 Å². The second kappa shape index (κ2) is 5.94. The van der Waals surface area contributed by atoms with E-state index in [1.54, 1.807) is 31.0 Å². The van der Waals surface area contributed by atoms with Gasteiger partial charge >= 0.3 is 0 Å². The van der Waals surface area contributed by atoms with Crippen molar-refractivity contribution in [2.45, 2.75) is 31.5 Å². The van der Waals surface area contributed by atoms with E-state index in [-0.39, 0.29) is 6.04 Å². The minimum Gasteiger partial charge on any atom is -0.391 e. The molecule has 3 rings (SSSR count). The van der Waals surface area contributed by atoms with Gasteiger partial charge in [0.1, 0.15) is 6.07 Å². The zero-order chi connectivity index (χ0) is 14.7. The molecular formula is C15H17N5O. The fourth-order valence-electron chi connectivity index (χ4n) is 2.92. The Morgan fingerprint density at radius 1 is 1.38 bits per heavy atom. The highest BCUT2D eigenvalue weighted by atomic mass is 16.3. The van der Waals surface area contributed by atoms with Gasteiger partial charge in [-0.25, -0.2) is 4.98 Å². The number of nitrogens with one attached hydrogen (secondary N) is 1. The third-order valence-electron chi connectivity index (χ3n) is 3.94. The summed E-state index contributed by atoms with van der Waals surface area (Å²) in [5.74, 6) is 0.397. The summed E-state index contributed by atoms with van der Waals surface area (Å²) >= 11 is 0. The second-order valence-corrected chi connectivity index (χ2v) is 5.45. The first-order valence-corrected chi connectivity index (χ1v) is 7.00. The molecular weight excluding hydrogens is 266 g/mol. The summed E-state index contributed by atoms with van der Waals surface area (Å²) in [6.07, 6.45) is 9.91. The Balaban J connectivity index is 1.65. The van der Waals surface area contributed by atoms with E-state index in [4.69, 9.17) is 5.26 Å². The maximum Gasteiger partial charge on any atom is 0.101 e. The van der Waals surface area contributed by atoms with Crippen molar-refractivity contribution in [3.05, 3.63) is 42.7 Å². The van der Waals surface area contributed by atoms with E-state index in [1.165, 1.54) is 0 Å². The molecule has 0 radical (unpaired) electrons. The average molecular weight is 283 g/mol. The van der Waals surface area contributed by atoms with Crippen molar-refractivity contribution < 1.29 is 5.11 Å². The number of nitriles is 1. The Labute approximate surface area is 123 Å². The molecule has 0 bridgehead atoms. The van der Waals surface area contributed by atoms with Crippen LogP contribution in [0.15, 0.2) is 37.2 Å². The summed E-state index contributed by atoms with van der Waals surface area (Å²) in [5, 5.41) is 22.6. The Kier molecular flexibility index (Phi) is 3.84. The number of imidazole rings is 1. The van der Waals surface area contributed by atoms with Crippen LogP contribution in [0.5, 0.6) is 0 Å². The topological polar surface area (TPSA) is 86.8 Å². The van der Waals surface area contributed by atoms with E-state index >= 15 is 0 Å². The van der Waals surface area contributed by atoms with E-state index in [0.717, 1.165) is 19.4 Å². The number of aromatic nitrogens is 3. The number of rotatable bonds is 4. The lowest BCUT2D eigenvalue weighted by molar-refractivity contribution is 0.166. The van der Waals surface area contributed by atoms with Gasteiger partial charge in [-0.3, -0.25) is 4.98 Å². The number of nitrogens with zero attached hydrogens (tertiary/aromatic N) is 4. The summed E-state index contributed by atoms with van der Waals surface area (Å²) in [7, 11) is 0. The van der Waals surface area contributed by atoms with Crippen LogP contribution in [0.25, 0.3) is 0 Å². The van der Waals surface area contributed by atoms with Gasteiger partial charge < -0.3 is 15.0 Å². The number of aliphatic hydroxyl groups excluding tert-OH is 1. The minimum atomic E-state index is -0.412. The number of aliphatic hydroxyl groups is 1. The highest BCUT2D eigenvalue weighted by molar-refractivity contribution is 5.56. The summed E-state index contributed by atoms with van der Waals surface area (Å²) in [5.41, 5.74) is 1.24. The standard InChI is InChI=1S/C15H17N5O/c16-7-12-1-2-17-8-14(12)19-13-5-11(6-15(13)21)9-20-4-3-18-10-20/h1-4,8,10-11,13,15,19,21H,5-6,9H2/t11?,13-,15-/m1/s1. The minimum absolute atomic E-state index is 0.0465. The lowest BCUT2D eigenvalue weighted by Crippen LogP contribution is -2.28. The molecule has 1 fully saturated rings. The lowest BCUT2D eigenvalue weighted by Gasteiger charge is -2.18. The normalized spacial score (nSPS) is 24.7. The quantitative estimate of drug-likeness (QED) is 0.885. The molecule has 2 aromatic rings. The lowest BCUT2D eigenvalue weighted by atomic mass is 10.1. The Morgan fingerprint density at radius 2 is 2.29 bits per heavy atom. The van der Waals surface area contributed by atoms with Crippen LogP contribution < -0.4 is 5.32 Å². The van der Waals surface area contributed by atoms with E-state index in [1.807, 2.05) is 10.8 Å². The largest absolute Gasteiger partial charge is 0.391 e. The molecule has 1 aliphatic rings. The van der Waals surface area contributed by atoms with Crippen molar-refractivity contribution in [2.75, 3.05) is 5.32 Å². The summed E-state index contributed by atoms with van der Waals surface area (Å²) < 4.78 is 2.03. The maximum absolute atomic E-state index is 10.2. The first-order chi connectivity index (χ1) is 10.3. The van der Waals surface area contributed by atoms with Gasteiger partial charge in [0.15, 0.2) is 0 Å². The maximum atomic E-state index is 10.2. The third-order valence-corrected chi connectivity index (χ3v) is 3.94. The van der Waals surface area contributed by atoms with Crippen LogP contribution in [-0.2, 0) is 6.54 Å². The smallest absolute Gasteiger partial charge is 0.101 e. The predicted octanol–water partition coefficient (Wildman–Crippen LogP) is 1.40. The van der Waals surface area contributed by atoms with Gasteiger partial charge in [0.2, 0.25) is 0 Å². The van der Waals surface area contributed by atoms with Crippen molar-refractivity contribution >= 4 is 5.69 Å². The Bertz CT molecular complexity index is 634. The molecule has 0 aliphatic heterocycles. The van der Waals surface area contributed by atoms with Crippen LogP contribution in [0.2, 0.25) is 0 Å². The molecule has 108 valence electrons. The molecule has 0 spiro atoms. The zero-order valence-corrected chi connectivity index (χ0v) is 11.6. The van der Waals surface area contributed by atoms with Crippen LogP contribution in [0.4, 0.5) is 5.69 Å². The molecule has 1 aliphatic carbocycles. The zero-order valence-electron chi connectivity index (χ0n) is 11.6. The fourth-order valence-corrected chi connectivity index (χ4v) is 2.92. The van der Waals surface area contributed by atoms with Crippen molar-refractivity contribution in [2.24, 2.45) is 5.92 Å². The SMILES string of the molecule is N#Cc1ccncc1N[C@@H]1CC(Cn2ccnc2)C[C@H]1O. The van der Waals surface area contributed by atoms with Gasteiger partial charge in [0.25, 0.3) is 0 Å². The van der Waals surface area contributed by atoms with E-state index in [9.17, 15) is 5.11 Å². The average Bonchev–Trinajstić information content (AvgIpc) is 3.11.